The summed E-state index contributed by atoms with van der Waals surface area (Å²) in [5.41, 5.74) is 0. The van der Waals surface area contributed by atoms with Crippen LogP contribution in [0.2, 0.25) is 15.3 Å². The maximum atomic E-state index is 6.01. The third kappa shape index (κ3) is 4.36. The molecule has 0 atom stereocenters. The molecule has 4 nitrogen and oxygen atoms in total. The van der Waals surface area contributed by atoms with Crippen LogP contribution >= 0.6 is 46.6 Å². The average Bonchev–Trinajstić information content (AvgIpc) is 2.44. The first-order chi connectivity index (χ1) is 10.0. The van der Waals surface area contributed by atoms with E-state index in [1.165, 1.54) is 11.8 Å². The van der Waals surface area contributed by atoms with Gasteiger partial charge in [-0.05, 0) is 55.4 Å². The molecule has 0 saturated heterocycles. The van der Waals surface area contributed by atoms with Gasteiger partial charge in [0.15, 0.2) is 5.16 Å². The van der Waals surface area contributed by atoms with Crippen molar-refractivity contribution < 1.29 is 0 Å². The number of nitrogens with zero attached hydrogens (tertiary/aromatic N) is 4. The number of aromatic nitrogens is 3. The molecule has 2 aromatic rings. The van der Waals surface area contributed by atoms with Crippen molar-refractivity contribution >= 4 is 52.5 Å². The van der Waals surface area contributed by atoms with Gasteiger partial charge in [0.2, 0.25) is 11.2 Å². The first-order valence-electron chi connectivity index (χ1n) is 6.33. The van der Waals surface area contributed by atoms with E-state index < -0.39 is 0 Å². The molecule has 1 heterocycles. The molecule has 0 unspecified atom stereocenters. The summed E-state index contributed by atoms with van der Waals surface area (Å²) in [4.78, 5) is 15.6. The summed E-state index contributed by atoms with van der Waals surface area (Å²) in [6.07, 6.45) is 0. The molecule has 1 aromatic carbocycles. The van der Waals surface area contributed by atoms with Gasteiger partial charge in [-0.3, -0.25) is 0 Å². The molecular formula is C13H13Cl3N4S. The smallest absolute Gasteiger partial charge is 0.230 e. The standard InChI is InChI=1S/C13H13Cl3N4S/c1-3-20(4-2)12-17-11(16)18-13(19-12)21-8-5-6-9(14)10(15)7-8/h5-7H,3-4H2,1-2H3. The van der Waals surface area contributed by atoms with Gasteiger partial charge in [-0.1, -0.05) is 23.2 Å². The van der Waals surface area contributed by atoms with Gasteiger partial charge >= 0.3 is 0 Å². The molecule has 0 bridgehead atoms. The zero-order chi connectivity index (χ0) is 15.4. The minimum Gasteiger partial charge on any atom is -0.341 e. The molecule has 0 saturated carbocycles. The Bertz CT molecular complexity index is 635. The van der Waals surface area contributed by atoms with Gasteiger partial charge in [0.05, 0.1) is 10.0 Å². The van der Waals surface area contributed by atoms with Crippen LogP contribution in [0.15, 0.2) is 28.3 Å². The lowest BCUT2D eigenvalue weighted by atomic mass is 10.4. The summed E-state index contributed by atoms with van der Waals surface area (Å²) < 4.78 is 0. The first-order valence-corrected chi connectivity index (χ1v) is 8.28. The fourth-order valence-corrected chi connectivity index (χ4v) is 3.01. The third-order valence-corrected chi connectivity index (χ3v) is 4.49. The van der Waals surface area contributed by atoms with Crippen LogP contribution in [-0.2, 0) is 0 Å². The summed E-state index contributed by atoms with van der Waals surface area (Å²) in [6.45, 7) is 5.67. The van der Waals surface area contributed by atoms with Crippen LogP contribution in [0.25, 0.3) is 0 Å². The Hall–Kier alpha value is -0.750. The molecule has 0 fully saturated rings. The second-order valence-corrected chi connectivity index (χ2v) is 6.23. The highest BCUT2D eigenvalue weighted by molar-refractivity contribution is 7.99. The summed E-state index contributed by atoms with van der Waals surface area (Å²) in [5, 5.41) is 1.70. The Morgan fingerprint density at radius 3 is 2.33 bits per heavy atom. The average molecular weight is 364 g/mol. The number of benzene rings is 1. The largest absolute Gasteiger partial charge is 0.341 e. The van der Waals surface area contributed by atoms with Gasteiger partial charge in [-0.25, -0.2) is 0 Å². The van der Waals surface area contributed by atoms with E-state index in [2.05, 4.69) is 15.0 Å². The maximum Gasteiger partial charge on any atom is 0.230 e. The number of rotatable bonds is 5. The summed E-state index contributed by atoms with van der Waals surface area (Å²) in [5.74, 6) is 0.572. The fourth-order valence-electron chi connectivity index (χ4n) is 1.66. The van der Waals surface area contributed by atoms with E-state index in [-0.39, 0.29) is 5.28 Å². The van der Waals surface area contributed by atoms with Crippen LogP contribution in [0.5, 0.6) is 0 Å². The van der Waals surface area contributed by atoms with Crippen LogP contribution in [-0.4, -0.2) is 28.0 Å². The second-order valence-electron chi connectivity index (χ2n) is 4.04. The fraction of sp³-hybridized carbons (Fsp3) is 0.308. The Morgan fingerprint density at radius 2 is 1.71 bits per heavy atom. The Balaban J connectivity index is 2.29. The highest BCUT2D eigenvalue weighted by Gasteiger charge is 2.11. The number of hydrogen-bond acceptors (Lipinski definition) is 5. The van der Waals surface area contributed by atoms with E-state index in [1.54, 1.807) is 12.1 Å². The Labute approximate surface area is 142 Å². The minimum atomic E-state index is 0.175. The predicted octanol–water partition coefficient (Wildman–Crippen LogP) is 4.83. The van der Waals surface area contributed by atoms with Crippen molar-refractivity contribution in [3.8, 4) is 0 Å². The number of halogens is 3. The predicted molar refractivity (Wildman–Crippen MR) is 89.0 cm³/mol. The molecular weight excluding hydrogens is 351 g/mol. The number of anilines is 1. The molecule has 0 amide bonds. The van der Waals surface area contributed by atoms with Crippen molar-refractivity contribution in [1.82, 2.24) is 15.0 Å². The third-order valence-electron chi connectivity index (χ3n) is 2.72. The van der Waals surface area contributed by atoms with Crippen LogP contribution in [0, 0.1) is 0 Å². The van der Waals surface area contributed by atoms with E-state index >= 15 is 0 Å². The van der Waals surface area contributed by atoms with Gasteiger partial charge in [-0.15, -0.1) is 0 Å². The lowest BCUT2D eigenvalue weighted by molar-refractivity contribution is 0.782. The van der Waals surface area contributed by atoms with Gasteiger partial charge in [-0.2, -0.15) is 15.0 Å². The zero-order valence-electron chi connectivity index (χ0n) is 11.5. The van der Waals surface area contributed by atoms with E-state index in [1.807, 2.05) is 24.8 Å². The van der Waals surface area contributed by atoms with E-state index in [0.717, 1.165) is 18.0 Å². The van der Waals surface area contributed by atoms with Gasteiger partial charge in [0.25, 0.3) is 0 Å². The van der Waals surface area contributed by atoms with Crippen molar-refractivity contribution in [2.45, 2.75) is 23.9 Å². The molecule has 1 aromatic heterocycles. The molecule has 0 spiro atoms. The minimum absolute atomic E-state index is 0.175. The van der Waals surface area contributed by atoms with Crippen LogP contribution in [0.1, 0.15) is 13.8 Å². The summed E-state index contributed by atoms with van der Waals surface area (Å²) >= 11 is 19.3. The lowest BCUT2D eigenvalue weighted by Gasteiger charge is -2.18. The Morgan fingerprint density at radius 1 is 1.00 bits per heavy atom. The molecule has 0 aliphatic rings. The van der Waals surface area contributed by atoms with Crippen LogP contribution in [0.3, 0.4) is 0 Å². The maximum absolute atomic E-state index is 6.01. The molecule has 0 radical (unpaired) electrons. The van der Waals surface area contributed by atoms with Gasteiger partial charge in [0.1, 0.15) is 0 Å². The van der Waals surface area contributed by atoms with Crippen molar-refractivity contribution in [2.75, 3.05) is 18.0 Å². The van der Waals surface area contributed by atoms with Crippen molar-refractivity contribution in [3.05, 3.63) is 33.5 Å². The summed E-state index contributed by atoms with van der Waals surface area (Å²) in [7, 11) is 0. The first kappa shape index (κ1) is 16.6. The quantitative estimate of drug-likeness (QED) is 0.761. The van der Waals surface area contributed by atoms with Gasteiger partial charge < -0.3 is 4.90 Å². The Kier molecular flexibility index (Phi) is 5.93. The second kappa shape index (κ2) is 7.49. The normalized spacial score (nSPS) is 10.7. The highest BCUT2D eigenvalue weighted by Crippen LogP contribution is 2.31. The van der Waals surface area contributed by atoms with Crippen molar-refractivity contribution in [2.24, 2.45) is 0 Å². The topological polar surface area (TPSA) is 41.9 Å². The van der Waals surface area contributed by atoms with Crippen molar-refractivity contribution in [3.63, 3.8) is 0 Å². The van der Waals surface area contributed by atoms with E-state index in [0.29, 0.717) is 21.2 Å². The van der Waals surface area contributed by atoms with Gasteiger partial charge in [0, 0.05) is 18.0 Å². The zero-order valence-corrected chi connectivity index (χ0v) is 14.6. The lowest BCUT2D eigenvalue weighted by Crippen LogP contribution is -2.24. The molecule has 2 rings (SSSR count). The molecule has 21 heavy (non-hydrogen) atoms. The van der Waals surface area contributed by atoms with Crippen LogP contribution in [0.4, 0.5) is 5.95 Å². The monoisotopic (exact) mass is 362 g/mol. The molecule has 8 heteroatoms. The molecule has 0 N–H and O–H groups in total. The van der Waals surface area contributed by atoms with E-state index in [4.69, 9.17) is 34.8 Å². The number of hydrogen-bond donors (Lipinski definition) is 0. The van der Waals surface area contributed by atoms with E-state index in [9.17, 15) is 0 Å². The molecule has 0 aliphatic carbocycles. The van der Waals surface area contributed by atoms with Crippen LogP contribution < -0.4 is 4.90 Å². The van der Waals surface area contributed by atoms with Crippen molar-refractivity contribution in [1.29, 1.82) is 0 Å². The SMILES string of the molecule is CCN(CC)c1nc(Cl)nc(Sc2ccc(Cl)c(Cl)c2)n1. The summed E-state index contributed by atoms with van der Waals surface area (Å²) in [6, 6.07) is 5.36. The molecule has 112 valence electrons. The molecule has 0 aliphatic heterocycles. The highest BCUT2D eigenvalue weighted by atomic mass is 35.5.